The molecule has 0 aliphatic heterocycles. The van der Waals surface area contributed by atoms with Crippen molar-refractivity contribution in [2.45, 2.75) is 17.1 Å². The van der Waals surface area contributed by atoms with Crippen LogP contribution in [-0.4, -0.2) is 31.0 Å². The number of hydrogen-bond acceptors (Lipinski definition) is 5. The van der Waals surface area contributed by atoms with Crippen LogP contribution >= 0.6 is 0 Å². The summed E-state index contributed by atoms with van der Waals surface area (Å²) in [6, 6.07) is 6.86. The third-order valence-electron chi connectivity index (χ3n) is 2.08. The van der Waals surface area contributed by atoms with Crippen molar-refractivity contribution in [2.24, 2.45) is 0 Å². The first kappa shape index (κ1) is 12.6. The molecular weight excluding hydrogens is 230 g/mol. The number of sulfone groups is 1. The largest absolute Gasteiger partial charge is 0.385 e. The van der Waals surface area contributed by atoms with Crippen LogP contribution in [0.5, 0.6) is 0 Å². The van der Waals surface area contributed by atoms with Gasteiger partial charge in [-0.1, -0.05) is 12.1 Å². The maximum absolute atomic E-state index is 11.1. The van der Waals surface area contributed by atoms with Gasteiger partial charge in [0.2, 0.25) is 0 Å². The number of benzene rings is 1. The number of nitriles is 1. The highest BCUT2D eigenvalue weighted by molar-refractivity contribution is 7.90. The summed E-state index contributed by atoms with van der Waals surface area (Å²) in [6.07, 6.45) is -1.79. The molecule has 2 N–H and O–H groups in total. The quantitative estimate of drug-likeness (QED) is 0.726. The van der Waals surface area contributed by atoms with E-state index in [9.17, 15) is 13.5 Å². The Kier molecular flexibility index (Phi) is 3.65. The fraction of sp³-hybridized carbons (Fsp3) is 0.300. The van der Waals surface area contributed by atoms with Crippen LogP contribution in [0.15, 0.2) is 29.2 Å². The molecule has 2 atom stereocenters. The topological polar surface area (TPSA) is 98.4 Å². The van der Waals surface area contributed by atoms with Gasteiger partial charge in [-0.3, -0.25) is 0 Å². The number of aliphatic hydroxyl groups is 2. The summed E-state index contributed by atoms with van der Waals surface area (Å²) >= 11 is 0. The lowest BCUT2D eigenvalue weighted by Gasteiger charge is -2.11. The Bertz CT molecular complexity index is 501. The Balaban J connectivity index is 3.01. The minimum atomic E-state index is -3.28. The van der Waals surface area contributed by atoms with Gasteiger partial charge < -0.3 is 10.2 Å². The predicted octanol–water partition coefficient (Wildman–Crippen LogP) is 0.00798. The van der Waals surface area contributed by atoms with Gasteiger partial charge in [-0.2, -0.15) is 5.26 Å². The molecule has 0 spiro atoms. The van der Waals surface area contributed by atoms with E-state index in [0.717, 1.165) is 6.26 Å². The zero-order valence-corrected chi connectivity index (χ0v) is 9.35. The molecule has 0 fully saturated rings. The van der Waals surface area contributed by atoms with E-state index in [1.807, 2.05) is 0 Å². The van der Waals surface area contributed by atoms with Crippen LogP contribution in [0.4, 0.5) is 0 Å². The monoisotopic (exact) mass is 241 g/mol. The second-order valence-electron chi connectivity index (χ2n) is 3.36. The molecule has 0 saturated carbocycles. The van der Waals surface area contributed by atoms with Crippen molar-refractivity contribution in [2.75, 3.05) is 6.26 Å². The molecule has 1 aromatic rings. The van der Waals surface area contributed by atoms with Crippen molar-refractivity contribution in [1.82, 2.24) is 0 Å². The van der Waals surface area contributed by atoms with E-state index in [1.165, 1.54) is 30.3 Å². The molecule has 6 heteroatoms. The zero-order chi connectivity index (χ0) is 12.3. The molecule has 0 amide bonds. The first-order valence-electron chi connectivity index (χ1n) is 4.42. The number of hydrogen-bond donors (Lipinski definition) is 2. The molecule has 16 heavy (non-hydrogen) atoms. The van der Waals surface area contributed by atoms with E-state index in [4.69, 9.17) is 10.4 Å². The van der Waals surface area contributed by atoms with Crippen LogP contribution in [0.1, 0.15) is 11.7 Å². The zero-order valence-electron chi connectivity index (χ0n) is 8.53. The summed E-state index contributed by atoms with van der Waals surface area (Å²) < 4.78 is 22.3. The number of aliphatic hydroxyl groups excluding tert-OH is 2. The second-order valence-corrected chi connectivity index (χ2v) is 5.38. The van der Waals surface area contributed by atoms with Crippen LogP contribution < -0.4 is 0 Å². The first-order valence-corrected chi connectivity index (χ1v) is 6.31. The van der Waals surface area contributed by atoms with Gasteiger partial charge in [0.05, 0.1) is 11.0 Å². The molecule has 0 bridgehead atoms. The smallest absolute Gasteiger partial charge is 0.175 e. The molecule has 0 aliphatic carbocycles. The van der Waals surface area contributed by atoms with Gasteiger partial charge in [-0.05, 0) is 17.7 Å². The van der Waals surface area contributed by atoms with E-state index >= 15 is 0 Å². The summed E-state index contributed by atoms with van der Waals surface area (Å²) in [4.78, 5) is 0.120. The summed E-state index contributed by atoms with van der Waals surface area (Å²) in [5.41, 5.74) is 0.293. The highest BCUT2D eigenvalue weighted by atomic mass is 32.2. The minimum absolute atomic E-state index is 0.120. The lowest BCUT2D eigenvalue weighted by Crippen LogP contribution is -2.15. The van der Waals surface area contributed by atoms with Crippen LogP contribution in [0.25, 0.3) is 0 Å². The molecular formula is C10H11NO4S. The van der Waals surface area contributed by atoms with E-state index in [1.54, 1.807) is 0 Å². The van der Waals surface area contributed by atoms with Gasteiger partial charge in [0.25, 0.3) is 0 Å². The van der Waals surface area contributed by atoms with Gasteiger partial charge >= 0.3 is 0 Å². The summed E-state index contributed by atoms with van der Waals surface area (Å²) in [5, 5.41) is 26.9. The molecule has 2 unspecified atom stereocenters. The fourth-order valence-corrected chi connectivity index (χ4v) is 1.80. The van der Waals surface area contributed by atoms with E-state index in [0.29, 0.717) is 5.56 Å². The van der Waals surface area contributed by atoms with Crippen LogP contribution in [0.3, 0.4) is 0 Å². The van der Waals surface area contributed by atoms with E-state index in [2.05, 4.69) is 0 Å². The summed E-state index contributed by atoms with van der Waals surface area (Å²) in [7, 11) is -3.28. The van der Waals surface area contributed by atoms with Crippen LogP contribution in [0, 0.1) is 11.3 Å². The van der Waals surface area contributed by atoms with Crippen molar-refractivity contribution in [3.63, 3.8) is 0 Å². The molecule has 5 nitrogen and oxygen atoms in total. The molecule has 1 rings (SSSR count). The molecule has 0 aromatic heterocycles. The predicted molar refractivity (Wildman–Crippen MR) is 56.1 cm³/mol. The Morgan fingerprint density at radius 2 is 1.75 bits per heavy atom. The lowest BCUT2D eigenvalue weighted by molar-refractivity contribution is 0.0527. The maximum Gasteiger partial charge on any atom is 0.175 e. The molecule has 0 heterocycles. The summed E-state index contributed by atoms with van der Waals surface area (Å²) in [5.74, 6) is 0. The lowest BCUT2D eigenvalue weighted by atomic mass is 10.1. The van der Waals surface area contributed by atoms with Crippen molar-refractivity contribution in [1.29, 1.82) is 5.26 Å². The maximum atomic E-state index is 11.1. The van der Waals surface area contributed by atoms with Crippen molar-refractivity contribution in [3.8, 4) is 6.07 Å². The molecule has 0 radical (unpaired) electrons. The standard InChI is InChI=1S/C10H11NO4S/c1-16(14,15)8-4-2-7(3-5-8)10(13)9(12)6-11/h2-5,9-10,12-13H,1H3. The Hall–Kier alpha value is -1.42. The SMILES string of the molecule is CS(=O)(=O)c1ccc(C(O)C(O)C#N)cc1. The van der Waals surface area contributed by atoms with Crippen molar-refractivity contribution >= 4 is 9.84 Å². The van der Waals surface area contributed by atoms with Gasteiger partial charge in [0.1, 0.15) is 6.10 Å². The molecule has 0 aliphatic rings. The number of rotatable bonds is 3. The third kappa shape index (κ3) is 2.79. The molecule has 1 aromatic carbocycles. The highest BCUT2D eigenvalue weighted by Gasteiger charge is 2.18. The average Bonchev–Trinajstić information content (AvgIpc) is 2.26. The summed E-state index contributed by atoms with van der Waals surface area (Å²) in [6.45, 7) is 0. The Labute approximate surface area is 93.5 Å². The first-order chi connectivity index (χ1) is 7.36. The van der Waals surface area contributed by atoms with Gasteiger partial charge in [0.15, 0.2) is 15.9 Å². The van der Waals surface area contributed by atoms with E-state index in [-0.39, 0.29) is 4.90 Å². The van der Waals surface area contributed by atoms with Gasteiger partial charge in [-0.15, -0.1) is 0 Å². The number of nitrogens with zero attached hydrogens (tertiary/aromatic N) is 1. The van der Waals surface area contributed by atoms with E-state index < -0.39 is 22.0 Å². The highest BCUT2D eigenvalue weighted by Crippen LogP contribution is 2.18. The molecule has 0 saturated heterocycles. The minimum Gasteiger partial charge on any atom is -0.385 e. The molecule has 86 valence electrons. The van der Waals surface area contributed by atoms with Crippen LogP contribution in [0.2, 0.25) is 0 Å². The third-order valence-corrected chi connectivity index (χ3v) is 3.21. The average molecular weight is 241 g/mol. The normalized spacial score (nSPS) is 15.1. The van der Waals surface area contributed by atoms with Gasteiger partial charge in [0, 0.05) is 6.26 Å². The second kappa shape index (κ2) is 4.61. The van der Waals surface area contributed by atoms with Crippen molar-refractivity contribution in [3.05, 3.63) is 29.8 Å². The van der Waals surface area contributed by atoms with Crippen molar-refractivity contribution < 1.29 is 18.6 Å². The Morgan fingerprint density at radius 3 is 2.12 bits per heavy atom. The Morgan fingerprint density at radius 1 is 1.25 bits per heavy atom. The van der Waals surface area contributed by atoms with Crippen LogP contribution in [-0.2, 0) is 9.84 Å². The fourth-order valence-electron chi connectivity index (χ4n) is 1.17. The van der Waals surface area contributed by atoms with Gasteiger partial charge in [-0.25, -0.2) is 8.42 Å².